The zero-order chi connectivity index (χ0) is 13.8. The van der Waals surface area contributed by atoms with Crippen molar-refractivity contribution in [1.82, 2.24) is 15.2 Å². The highest BCUT2D eigenvalue weighted by Gasteiger charge is 2.10. The fourth-order valence-electron chi connectivity index (χ4n) is 1.42. The molecule has 0 unspecified atom stereocenters. The summed E-state index contributed by atoms with van der Waals surface area (Å²) in [5.41, 5.74) is 1.38. The maximum atomic E-state index is 11.8. The summed E-state index contributed by atoms with van der Waals surface area (Å²) in [4.78, 5) is 15.7. The second-order valence-electron chi connectivity index (χ2n) is 3.71. The molecule has 2 aromatic heterocycles. The van der Waals surface area contributed by atoms with E-state index in [0.29, 0.717) is 22.4 Å². The molecule has 0 fully saturated rings. The molecule has 0 aliphatic rings. The van der Waals surface area contributed by atoms with E-state index in [1.165, 1.54) is 13.3 Å². The molecule has 19 heavy (non-hydrogen) atoms. The number of nitrogens with one attached hydrogen (secondary N) is 3. The van der Waals surface area contributed by atoms with Gasteiger partial charge in [-0.25, -0.2) is 9.78 Å². The standard InChI is InChI=1S/C11H12ClN5O2/c1-6-4-13-9(12)3-7(6)15-11(18)16-10-8(19-2)5-14-17-10/h3-5H,1-2H3,(H3,13,14,15,16,17,18). The van der Waals surface area contributed by atoms with Gasteiger partial charge in [0.15, 0.2) is 11.6 Å². The van der Waals surface area contributed by atoms with Gasteiger partial charge in [-0.3, -0.25) is 10.4 Å². The first kappa shape index (κ1) is 13.2. The van der Waals surface area contributed by atoms with E-state index in [1.807, 2.05) is 6.92 Å². The Kier molecular flexibility index (Phi) is 3.86. The van der Waals surface area contributed by atoms with Crippen molar-refractivity contribution in [2.24, 2.45) is 0 Å². The summed E-state index contributed by atoms with van der Waals surface area (Å²) in [5, 5.41) is 11.9. The van der Waals surface area contributed by atoms with Crippen LogP contribution in [0.3, 0.4) is 0 Å². The third-order valence-electron chi connectivity index (χ3n) is 2.38. The summed E-state index contributed by atoms with van der Waals surface area (Å²) >= 11 is 5.77. The van der Waals surface area contributed by atoms with Gasteiger partial charge in [0.25, 0.3) is 0 Å². The second-order valence-corrected chi connectivity index (χ2v) is 4.10. The minimum Gasteiger partial charge on any atom is -0.491 e. The number of hydrogen-bond acceptors (Lipinski definition) is 4. The smallest absolute Gasteiger partial charge is 0.324 e. The van der Waals surface area contributed by atoms with Gasteiger partial charge < -0.3 is 10.1 Å². The number of halogens is 1. The number of H-pyrrole nitrogens is 1. The van der Waals surface area contributed by atoms with Crippen LogP contribution in [0.25, 0.3) is 0 Å². The van der Waals surface area contributed by atoms with Crippen molar-refractivity contribution < 1.29 is 9.53 Å². The quantitative estimate of drug-likeness (QED) is 0.753. The third kappa shape index (κ3) is 3.14. The van der Waals surface area contributed by atoms with Crippen molar-refractivity contribution in [3.05, 3.63) is 29.2 Å². The Morgan fingerprint density at radius 3 is 2.95 bits per heavy atom. The van der Waals surface area contributed by atoms with E-state index in [-0.39, 0.29) is 0 Å². The number of aromatic amines is 1. The highest BCUT2D eigenvalue weighted by atomic mass is 35.5. The fraction of sp³-hybridized carbons (Fsp3) is 0.182. The van der Waals surface area contributed by atoms with Crippen LogP contribution in [-0.4, -0.2) is 28.3 Å². The minimum atomic E-state index is -0.437. The Balaban J connectivity index is 2.07. The maximum absolute atomic E-state index is 11.8. The van der Waals surface area contributed by atoms with Gasteiger partial charge in [0.05, 0.1) is 13.3 Å². The zero-order valence-corrected chi connectivity index (χ0v) is 11.1. The van der Waals surface area contributed by atoms with E-state index in [2.05, 4.69) is 25.8 Å². The lowest BCUT2D eigenvalue weighted by molar-refractivity contribution is 0.262. The van der Waals surface area contributed by atoms with Gasteiger partial charge >= 0.3 is 6.03 Å². The highest BCUT2D eigenvalue weighted by molar-refractivity contribution is 6.29. The molecule has 0 radical (unpaired) electrons. The number of carbonyl (C=O) groups is 1. The predicted molar refractivity (Wildman–Crippen MR) is 71.8 cm³/mol. The number of aromatic nitrogens is 3. The molecule has 8 heteroatoms. The summed E-state index contributed by atoms with van der Waals surface area (Å²) in [6.45, 7) is 1.82. The van der Waals surface area contributed by atoms with Gasteiger partial charge in [0.1, 0.15) is 5.15 Å². The lowest BCUT2D eigenvalue weighted by atomic mass is 10.2. The van der Waals surface area contributed by atoms with E-state index in [9.17, 15) is 4.79 Å². The molecule has 7 nitrogen and oxygen atoms in total. The normalized spacial score (nSPS) is 10.1. The number of anilines is 2. The largest absolute Gasteiger partial charge is 0.491 e. The molecule has 0 aliphatic carbocycles. The van der Waals surface area contributed by atoms with Crippen LogP contribution in [0.1, 0.15) is 5.56 Å². The number of nitrogens with zero attached hydrogens (tertiary/aromatic N) is 2. The van der Waals surface area contributed by atoms with Crippen LogP contribution in [-0.2, 0) is 0 Å². The van der Waals surface area contributed by atoms with Crippen molar-refractivity contribution in [3.63, 3.8) is 0 Å². The van der Waals surface area contributed by atoms with Crippen molar-refractivity contribution in [3.8, 4) is 5.75 Å². The number of hydrogen-bond donors (Lipinski definition) is 3. The maximum Gasteiger partial charge on any atom is 0.324 e. The van der Waals surface area contributed by atoms with Crippen molar-refractivity contribution in [1.29, 1.82) is 0 Å². The first-order valence-electron chi connectivity index (χ1n) is 5.37. The topological polar surface area (TPSA) is 91.9 Å². The first-order valence-corrected chi connectivity index (χ1v) is 5.75. The minimum absolute atomic E-state index is 0.306. The Morgan fingerprint density at radius 2 is 2.21 bits per heavy atom. The molecular formula is C11H12ClN5O2. The van der Waals surface area contributed by atoms with Gasteiger partial charge in [-0.2, -0.15) is 5.10 Å². The van der Waals surface area contributed by atoms with Crippen LogP contribution in [0.5, 0.6) is 5.75 Å². The average Bonchev–Trinajstić information content (AvgIpc) is 2.81. The summed E-state index contributed by atoms with van der Waals surface area (Å²) in [6, 6.07) is 1.13. The monoisotopic (exact) mass is 281 g/mol. The zero-order valence-electron chi connectivity index (χ0n) is 10.3. The number of amides is 2. The number of carbonyl (C=O) groups excluding carboxylic acids is 1. The van der Waals surface area contributed by atoms with Crippen LogP contribution >= 0.6 is 11.6 Å². The molecule has 100 valence electrons. The summed E-state index contributed by atoms with van der Waals surface area (Å²) in [6.07, 6.45) is 3.04. The Bertz CT molecular complexity index is 599. The van der Waals surface area contributed by atoms with E-state index in [4.69, 9.17) is 16.3 Å². The Morgan fingerprint density at radius 1 is 1.42 bits per heavy atom. The molecule has 3 N–H and O–H groups in total. The summed E-state index contributed by atoms with van der Waals surface area (Å²) in [5.74, 6) is 0.817. The lowest BCUT2D eigenvalue weighted by Gasteiger charge is -2.09. The van der Waals surface area contributed by atoms with Crippen LogP contribution in [0.2, 0.25) is 5.15 Å². The van der Waals surface area contributed by atoms with Crippen molar-refractivity contribution in [2.75, 3.05) is 17.7 Å². The van der Waals surface area contributed by atoms with Crippen LogP contribution in [0.15, 0.2) is 18.5 Å². The van der Waals surface area contributed by atoms with E-state index >= 15 is 0 Å². The van der Waals surface area contributed by atoms with Crippen LogP contribution in [0.4, 0.5) is 16.3 Å². The molecule has 2 aromatic rings. The molecule has 0 saturated heterocycles. The number of rotatable bonds is 3. The van der Waals surface area contributed by atoms with Gasteiger partial charge in [-0.05, 0) is 18.6 Å². The fourth-order valence-corrected chi connectivity index (χ4v) is 1.58. The Hall–Kier alpha value is -2.28. The van der Waals surface area contributed by atoms with Gasteiger partial charge in [-0.15, -0.1) is 0 Å². The molecule has 2 heterocycles. The number of ether oxygens (including phenoxy) is 1. The number of urea groups is 1. The SMILES string of the molecule is COc1cn[nH]c1NC(=O)Nc1cc(Cl)ncc1C. The van der Waals surface area contributed by atoms with E-state index < -0.39 is 6.03 Å². The van der Waals surface area contributed by atoms with E-state index in [1.54, 1.807) is 12.3 Å². The van der Waals surface area contributed by atoms with Crippen LogP contribution < -0.4 is 15.4 Å². The number of methoxy groups -OCH3 is 1. The summed E-state index contributed by atoms with van der Waals surface area (Å²) < 4.78 is 5.01. The molecule has 0 atom stereocenters. The van der Waals surface area contributed by atoms with Crippen LogP contribution in [0, 0.1) is 6.92 Å². The second kappa shape index (κ2) is 5.57. The first-order chi connectivity index (χ1) is 9.10. The summed E-state index contributed by atoms with van der Waals surface area (Å²) in [7, 11) is 1.49. The predicted octanol–water partition coefficient (Wildman–Crippen LogP) is 2.42. The van der Waals surface area contributed by atoms with Crippen molar-refractivity contribution >= 4 is 29.1 Å². The van der Waals surface area contributed by atoms with Gasteiger partial charge in [0, 0.05) is 11.9 Å². The molecule has 2 rings (SSSR count). The molecule has 0 aromatic carbocycles. The molecule has 2 amide bonds. The molecule has 0 aliphatic heterocycles. The van der Waals surface area contributed by atoms with Gasteiger partial charge in [0.2, 0.25) is 0 Å². The van der Waals surface area contributed by atoms with Crippen molar-refractivity contribution in [2.45, 2.75) is 6.92 Å². The lowest BCUT2D eigenvalue weighted by Crippen LogP contribution is -2.20. The molecular weight excluding hydrogens is 270 g/mol. The average molecular weight is 282 g/mol. The highest BCUT2D eigenvalue weighted by Crippen LogP contribution is 2.21. The third-order valence-corrected chi connectivity index (χ3v) is 2.59. The molecule has 0 bridgehead atoms. The Labute approximate surface area is 114 Å². The molecule has 0 spiro atoms. The van der Waals surface area contributed by atoms with E-state index in [0.717, 1.165) is 5.56 Å². The number of pyridine rings is 1. The molecule has 0 saturated carbocycles. The van der Waals surface area contributed by atoms with Gasteiger partial charge in [-0.1, -0.05) is 11.6 Å². The number of aryl methyl sites for hydroxylation is 1.